The Balaban J connectivity index is 1.25. The number of piperidine rings is 1. The number of urea groups is 1. The highest BCUT2D eigenvalue weighted by atomic mass is 32.1. The van der Waals surface area contributed by atoms with Crippen LogP contribution in [-0.2, 0) is 16.1 Å². The lowest BCUT2D eigenvalue weighted by Gasteiger charge is -2.41. The Labute approximate surface area is 193 Å². The van der Waals surface area contributed by atoms with Crippen LogP contribution in [0.1, 0.15) is 50.3 Å². The number of carbonyl (C=O) groups is 2. The summed E-state index contributed by atoms with van der Waals surface area (Å²) < 4.78 is 7.04. The van der Waals surface area contributed by atoms with Crippen molar-refractivity contribution < 1.29 is 14.3 Å². The molecule has 0 unspecified atom stereocenters. The molecule has 0 bridgehead atoms. The van der Waals surface area contributed by atoms with Crippen molar-refractivity contribution in [3.63, 3.8) is 0 Å². The maximum atomic E-state index is 13.6. The van der Waals surface area contributed by atoms with Gasteiger partial charge in [-0.25, -0.2) is 4.79 Å². The van der Waals surface area contributed by atoms with Crippen LogP contribution in [0.15, 0.2) is 30.3 Å². The molecule has 1 aromatic carbocycles. The second-order valence-electron chi connectivity index (χ2n) is 9.50. The van der Waals surface area contributed by atoms with Gasteiger partial charge in [-0.2, -0.15) is 0 Å². The van der Waals surface area contributed by atoms with Crippen LogP contribution in [0, 0.1) is 5.92 Å². The van der Waals surface area contributed by atoms with Crippen LogP contribution >= 0.6 is 11.3 Å². The minimum atomic E-state index is -0.742. The highest BCUT2D eigenvalue weighted by Gasteiger charge is 2.55. The molecule has 4 heterocycles. The summed E-state index contributed by atoms with van der Waals surface area (Å²) in [7, 11) is 0. The quantitative estimate of drug-likeness (QED) is 0.630. The van der Waals surface area contributed by atoms with Crippen LogP contribution < -0.4 is 5.32 Å². The fourth-order valence-corrected chi connectivity index (χ4v) is 6.87. The molecule has 3 saturated heterocycles. The molecule has 0 radical (unpaired) electrons. The van der Waals surface area contributed by atoms with Gasteiger partial charge in [0.1, 0.15) is 5.54 Å². The zero-order valence-corrected chi connectivity index (χ0v) is 19.7. The number of carbonyl (C=O) groups excluding carboxylic acids is 2. The molecule has 3 fully saturated rings. The van der Waals surface area contributed by atoms with Gasteiger partial charge in [-0.15, -0.1) is 11.3 Å². The monoisotopic (exact) mass is 455 g/mol. The van der Waals surface area contributed by atoms with Crippen molar-refractivity contribution >= 4 is 33.4 Å². The third kappa shape index (κ3) is 4.06. The van der Waals surface area contributed by atoms with Crippen molar-refractivity contribution in [2.45, 2.75) is 63.6 Å². The summed E-state index contributed by atoms with van der Waals surface area (Å²) in [4.78, 5) is 31.7. The Kier molecular flexibility index (Phi) is 6.23. The van der Waals surface area contributed by atoms with E-state index in [9.17, 15) is 9.59 Å². The Hall–Kier alpha value is -1.96. The normalized spacial score (nSPS) is 27.5. The molecule has 2 aromatic rings. The summed E-state index contributed by atoms with van der Waals surface area (Å²) in [5, 5.41) is 4.47. The predicted octanol–water partition coefficient (Wildman–Crippen LogP) is 4.38. The summed E-state index contributed by atoms with van der Waals surface area (Å²) >= 11 is 1.87. The van der Waals surface area contributed by atoms with E-state index in [1.165, 1.54) is 19.9 Å². The first-order valence-electron chi connectivity index (χ1n) is 12.0. The molecular weight excluding hydrogens is 422 g/mol. The van der Waals surface area contributed by atoms with Gasteiger partial charge >= 0.3 is 6.03 Å². The molecule has 7 heteroatoms. The number of amides is 3. The molecule has 0 saturated carbocycles. The number of hydrogen-bond acceptors (Lipinski definition) is 5. The number of thiophene rings is 1. The van der Waals surface area contributed by atoms with Crippen molar-refractivity contribution in [2.75, 3.05) is 26.2 Å². The standard InChI is InChI=1S/C25H33N3O3S/c1-2-11-25(23(29)28(24(30)26-25)16-20-7-5-14-31-20)19-9-12-27(13-10-19)17-21-15-18-6-3-4-8-22(18)32-21/h3-4,6,8,15,19-20H,2,5,7,9-14,16-17H2,1H3,(H,26,30)/t20-,25-/m1/s1. The van der Waals surface area contributed by atoms with Gasteiger partial charge in [-0.3, -0.25) is 14.6 Å². The molecule has 5 rings (SSSR count). The molecule has 0 aliphatic carbocycles. The van der Waals surface area contributed by atoms with Gasteiger partial charge in [0.05, 0.1) is 12.6 Å². The number of imide groups is 1. The SMILES string of the molecule is CCC[C@]1(C2CCN(Cc3cc4ccccc4s3)CC2)NC(=O)N(C[C@H]2CCCO2)C1=O. The number of fused-ring (bicyclic) bond motifs is 1. The molecule has 1 aromatic heterocycles. The molecule has 3 amide bonds. The van der Waals surface area contributed by atoms with E-state index >= 15 is 0 Å². The number of rotatable bonds is 7. The van der Waals surface area contributed by atoms with Crippen molar-refractivity contribution in [1.82, 2.24) is 15.1 Å². The molecule has 6 nitrogen and oxygen atoms in total. The lowest BCUT2D eigenvalue weighted by Crippen LogP contribution is -2.56. The Morgan fingerprint density at radius 2 is 2.00 bits per heavy atom. The third-order valence-corrected chi connectivity index (χ3v) is 8.50. The Morgan fingerprint density at radius 3 is 2.72 bits per heavy atom. The van der Waals surface area contributed by atoms with Crippen molar-refractivity contribution in [3.05, 3.63) is 35.2 Å². The van der Waals surface area contributed by atoms with E-state index < -0.39 is 5.54 Å². The number of nitrogens with zero attached hydrogens (tertiary/aromatic N) is 2. The molecule has 3 aliphatic rings. The summed E-state index contributed by atoms with van der Waals surface area (Å²) in [6.45, 7) is 6.09. The van der Waals surface area contributed by atoms with Gasteiger partial charge in [0.2, 0.25) is 0 Å². The lowest BCUT2D eigenvalue weighted by atomic mass is 9.74. The third-order valence-electron chi connectivity index (χ3n) is 7.40. The van der Waals surface area contributed by atoms with E-state index in [1.807, 2.05) is 11.3 Å². The zero-order valence-electron chi connectivity index (χ0n) is 18.8. The second-order valence-corrected chi connectivity index (χ2v) is 10.7. The molecule has 172 valence electrons. The summed E-state index contributed by atoms with van der Waals surface area (Å²) in [6, 6.07) is 10.6. The fourth-order valence-electron chi connectivity index (χ4n) is 5.77. The van der Waals surface area contributed by atoms with Gasteiger partial charge in [0.15, 0.2) is 0 Å². The molecule has 32 heavy (non-hydrogen) atoms. The summed E-state index contributed by atoms with van der Waals surface area (Å²) in [6.07, 6.45) is 5.38. The van der Waals surface area contributed by atoms with E-state index in [1.54, 1.807) is 0 Å². The van der Waals surface area contributed by atoms with E-state index in [4.69, 9.17) is 4.74 Å². The number of hydrogen-bond donors (Lipinski definition) is 1. The number of ether oxygens (including phenoxy) is 1. The van der Waals surface area contributed by atoms with Gasteiger partial charge in [0, 0.05) is 22.7 Å². The first kappa shape index (κ1) is 21.9. The molecule has 2 atom stereocenters. The minimum absolute atomic E-state index is 0.00900. The van der Waals surface area contributed by atoms with Crippen LogP contribution in [-0.4, -0.2) is 59.6 Å². The van der Waals surface area contributed by atoms with Gasteiger partial charge < -0.3 is 10.1 Å². The van der Waals surface area contributed by atoms with Crippen molar-refractivity contribution in [3.8, 4) is 0 Å². The van der Waals surface area contributed by atoms with Crippen LogP contribution in [0.25, 0.3) is 10.1 Å². The highest BCUT2D eigenvalue weighted by molar-refractivity contribution is 7.19. The zero-order chi connectivity index (χ0) is 22.1. The first-order chi connectivity index (χ1) is 15.6. The lowest BCUT2D eigenvalue weighted by molar-refractivity contribution is -0.135. The highest BCUT2D eigenvalue weighted by Crippen LogP contribution is 2.38. The molecular formula is C25H33N3O3S. The second kappa shape index (κ2) is 9.12. The van der Waals surface area contributed by atoms with E-state index in [2.05, 4.69) is 47.5 Å². The van der Waals surface area contributed by atoms with Crippen LogP contribution in [0.5, 0.6) is 0 Å². The minimum Gasteiger partial charge on any atom is -0.376 e. The van der Waals surface area contributed by atoms with Crippen LogP contribution in [0.3, 0.4) is 0 Å². The average Bonchev–Trinajstić information content (AvgIpc) is 3.50. The summed E-state index contributed by atoms with van der Waals surface area (Å²) in [5.41, 5.74) is -0.742. The summed E-state index contributed by atoms with van der Waals surface area (Å²) in [5.74, 6) is 0.162. The van der Waals surface area contributed by atoms with Gasteiger partial charge in [-0.1, -0.05) is 31.5 Å². The average molecular weight is 456 g/mol. The maximum Gasteiger partial charge on any atom is 0.325 e. The number of benzene rings is 1. The van der Waals surface area contributed by atoms with Crippen LogP contribution in [0.4, 0.5) is 4.79 Å². The fraction of sp³-hybridized carbons (Fsp3) is 0.600. The van der Waals surface area contributed by atoms with E-state index in [0.717, 1.165) is 58.3 Å². The largest absolute Gasteiger partial charge is 0.376 e. The smallest absolute Gasteiger partial charge is 0.325 e. The maximum absolute atomic E-state index is 13.6. The van der Waals surface area contributed by atoms with Gasteiger partial charge in [-0.05, 0) is 68.6 Å². The van der Waals surface area contributed by atoms with E-state index in [-0.39, 0.29) is 24.0 Å². The van der Waals surface area contributed by atoms with Crippen molar-refractivity contribution in [1.29, 1.82) is 0 Å². The molecule has 0 spiro atoms. The van der Waals surface area contributed by atoms with Gasteiger partial charge in [0.25, 0.3) is 5.91 Å². The van der Waals surface area contributed by atoms with Crippen LogP contribution in [0.2, 0.25) is 0 Å². The Morgan fingerprint density at radius 1 is 1.19 bits per heavy atom. The van der Waals surface area contributed by atoms with E-state index in [0.29, 0.717) is 13.0 Å². The van der Waals surface area contributed by atoms with Crippen molar-refractivity contribution in [2.24, 2.45) is 5.92 Å². The number of nitrogens with one attached hydrogen (secondary N) is 1. The number of likely N-dealkylation sites (tertiary alicyclic amines) is 1. The predicted molar refractivity (Wildman–Crippen MR) is 127 cm³/mol. The first-order valence-corrected chi connectivity index (χ1v) is 12.9. The Bertz CT molecular complexity index is 945. The molecule has 1 N–H and O–H groups in total. The molecule has 3 aliphatic heterocycles. The topological polar surface area (TPSA) is 61.9 Å².